The molecule has 110 valence electrons. The number of amides is 1. The van der Waals surface area contributed by atoms with E-state index in [0.717, 1.165) is 21.5 Å². The van der Waals surface area contributed by atoms with Crippen molar-refractivity contribution in [1.29, 1.82) is 0 Å². The quantitative estimate of drug-likeness (QED) is 0.808. The molecule has 3 nitrogen and oxygen atoms in total. The van der Waals surface area contributed by atoms with Gasteiger partial charge in [-0.3, -0.25) is 4.79 Å². The third-order valence-electron chi connectivity index (χ3n) is 3.08. The average molecular weight is 347 g/mol. The standard InChI is InChI=1S/C17H19BrN2O/c1-11(2)17(21)20-14-7-5-13(6-8-14)19-16-9-4-12(3)10-15(16)18/h4-11,19H,1-3H3,(H,20,21). The second-order valence-electron chi connectivity index (χ2n) is 5.33. The molecule has 2 rings (SSSR count). The summed E-state index contributed by atoms with van der Waals surface area (Å²) in [5, 5.41) is 6.22. The first kappa shape index (κ1) is 15.6. The zero-order valence-electron chi connectivity index (χ0n) is 12.4. The van der Waals surface area contributed by atoms with Gasteiger partial charge < -0.3 is 10.6 Å². The predicted molar refractivity (Wildman–Crippen MR) is 92.1 cm³/mol. The van der Waals surface area contributed by atoms with Crippen molar-refractivity contribution >= 4 is 38.9 Å². The maximum absolute atomic E-state index is 11.6. The van der Waals surface area contributed by atoms with Crippen LogP contribution in [0.1, 0.15) is 19.4 Å². The summed E-state index contributed by atoms with van der Waals surface area (Å²) in [6.07, 6.45) is 0. The van der Waals surface area contributed by atoms with Crippen molar-refractivity contribution in [2.45, 2.75) is 20.8 Å². The highest BCUT2D eigenvalue weighted by Gasteiger charge is 2.07. The van der Waals surface area contributed by atoms with Gasteiger partial charge in [0, 0.05) is 21.8 Å². The maximum atomic E-state index is 11.6. The number of aryl methyl sites for hydroxylation is 1. The van der Waals surface area contributed by atoms with Gasteiger partial charge in [-0.1, -0.05) is 19.9 Å². The van der Waals surface area contributed by atoms with E-state index in [4.69, 9.17) is 0 Å². The van der Waals surface area contributed by atoms with Gasteiger partial charge in [0.05, 0.1) is 5.69 Å². The number of rotatable bonds is 4. The van der Waals surface area contributed by atoms with Crippen molar-refractivity contribution < 1.29 is 4.79 Å². The first-order valence-electron chi connectivity index (χ1n) is 6.90. The Hall–Kier alpha value is -1.81. The summed E-state index contributed by atoms with van der Waals surface area (Å²) in [6.45, 7) is 5.81. The molecule has 0 atom stereocenters. The van der Waals surface area contributed by atoms with Gasteiger partial charge >= 0.3 is 0 Å². The minimum atomic E-state index is -0.0219. The lowest BCUT2D eigenvalue weighted by Gasteiger charge is -2.11. The summed E-state index contributed by atoms with van der Waals surface area (Å²) in [5.74, 6) is 0.00306. The van der Waals surface area contributed by atoms with E-state index in [1.807, 2.05) is 44.2 Å². The first-order valence-corrected chi connectivity index (χ1v) is 7.69. The highest BCUT2D eigenvalue weighted by atomic mass is 79.9. The lowest BCUT2D eigenvalue weighted by molar-refractivity contribution is -0.118. The van der Waals surface area contributed by atoms with Crippen LogP contribution in [0.4, 0.5) is 17.1 Å². The third-order valence-corrected chi connectivity index (χ3v) is 3.74. The van der Waals surface area contributed by atoms with E-state index in [1.54, 1.807) is 0 Å². The molecule has 2 N–H and O–H groups in total. The second kappa shape index (κ2) is 6.76. The molecule has 0 fully saturated rings. The van der Waals surface area contributed by atoms with Gasteiger partial charge in [0.1, 0.15) is 0 Å². The highest BCUT2D eigenvalue weighted by molar-refractivity contribution is 9.10. The van der Waals surface area contributed by atoms with Crippen molar-refractivity contribution in [3.8, 4) is 0 Å². The van der Waals surface area contributed by atoms with Crippen molar-refractivity contribution in [1.82, 2.24) is 0 Å². The van der Waals surface area contributed by atoms with Crippen LogP contribution in [-0.4, -0.2) is 5.91 Å². The van der Waals surface area contributed by atoms with Crippen molar-refractivity contribution in [2.75, 3.05) is 10.6 Å². The Bertz CT molecular complexity index is 636. The van der Waals surface area contributed by atoms with E-state index >= 15 is 0 Å². The molecule has 0 radical (unpaired) electrons. The number of carbonyl (C=O) groups is 1. The van der Waals surface area contributed by atoms with Crippen LogP contribution < -0.4 is 10.6 Å². The molecule has 21 heavy (non-hydrogen) atoms. The number of halogens is 1. The van der Waals surface area contributed by atoms with Crippen LogP contribution in [0, 0.1) is 12.8 Å². The van der Waals surface area contributed by atoms with Crippen LogP contribution in [0.2, 0.25) is 0 Å². The summed E-state index contributed by atoms with van der Waals surface area (Å²) < 4.78 is 1.03. The molecule has 0 saturated heterocycles. The van der Waals surface area contributed by atoms with Crippen LogP contribution in [0.3, 0.4) is 0 Å². The fourth-order valence-corrected chi connectivity index (χ4v) is 2.39. The molecular weight excluding hydrogens is 328 g/mol. The fraction of sp³-hybridized carbons (Fsp3) is 0.235. The largest absolute Gasteiger partial charge is 0.355 e. The third kappa shape index (κ3) is 4.33. The zero-order valence-corrected chi connectivity index (χ0v) is 14.0. The molecule has 0 aliphatic heterocycles. The molecule has 1 amide bonds. The van der Waals surface area contributed by atoms with E-state index in [0.29, 0.717) is 0 Å². The van der Waals surface area contributed by atoms with E-state index in [-0.39, 0.29) is 11.8 Å². The SMILES string of the molecule is Cc1ccc(Nc2ccc(NC(=O)C(C)C)cc2)c(Br)c1. The smallest absolute Gasteiger partial charge is 0.226 e. The van der Waals surface area contributed by atoms with E-state index < -0.39 is 0 Å². The molecule has 0 spiro atoms. The van der Waals surface area contributed by atoms with Crippen LogP contribution in [0.5, 0.6) is 0 Å². The second-order valence-corrected chi connectivity index (χ2v) is 6.18. The summed E-state index contributed by atoms with van der Waals surface area (Å²) in [6, 6.07) is 13.8. The molecule has 0 saturated carbocycles. The molecule has 2 aromatic carbocycles. The first-order chi connectivity index (χ1) is 9.95. The number of nitrogens with one attached hydrogen (secondary N) is 2. The van der Waals surface area contributed by atoms with Gasteiger partial charge in [0.25, 0.3) is 0 Å². The topological polar surface area (TPSA) is 41.1 Å². The van der Waals surface area contributed by atoms with Crippen molar-refractivity contribution in [2.24, 2.45) is 5.92 Å². The van der Waals surface area contributed by atoms with E-state index in [9.17, 15) is 4.79 Å². The van der Waals surface area contributed by atoms with Gasteiger partial charge in [0.2, 0.25) is 5.91 Å². The molecule has 0 heterocycles. The normalized spacial score (nSPS) is 10.5. The zero-order chi connectivity index (χ0) is 15.4. The molecule has 4 heteroatoms. The summed E-state index contributed by atoms with van der Waals surface area (Å²) >= 11 is 3.55. The monoisotopic (exact) mass is 346 g/mol. The van der Waals surface area contributed by atoms with Crippen molar-refractivity contribution in [3.63, 3.8) is 0 Å². The summed E-state index contributed by atoms with van der Waals surface area (Å²) in [7, 11) is 0. The molecule has 0 unspecified atom stereocenters. The van der Waals surface area contributed by atoms with Crippen LogP contribution in [-0.2, 0) is 4.79 Å². The van der Waals surface area contributed by atoms with E-state index in [2.05, 4.69) is 45.6 Å². The van der Waals surface area contributed by atoms with Crippen LogP contribution >= 0.6 is 15.9 Å². The minimum Gasteiger partial charge on any atom is -0.355 e. The Morgan fingerprint density at radius 1 is 1.05 bits per heavy atom. The minimum absolute atomic E-state index is 0.0219. The van der Waals surface area contributed by atoms with Gasteiger partial charge in [-0.2, -0.15) is 0 Å². The Morgan fingerprint density at radius 3 is 2.24 bits per heavy atom. The van der Waals surface area contributed by atoms with E-state index in [1.165, 1.54) is 5.56 Å². The molecule has 0 aliphatic rings. The molecule has 2 aromatic rings. The number of anilines is 3. The van der Waals surface area contributed by atoms with Crippen molar-refractivity contribution in [3.05, 3.63) is 52.5 Å². The molecular formula is C17H19BrN2O. The molecule has 0 aromatic heterocycles. The van der Waals surface area contributed by atoms with Gasteiger partial charge in [0.15, 0.2) is 0 Å². The van der Waals surface area contributed by atoms with Crippen LogP contribution in [0.15, 0.2) is 46.9 Å². The number of benzene rings is 2. The Kier molecular flexibility index (Phi) is 5.02. The maximum Gasteiger partial charge on any atom is 0.226 e. The van der Waals surface area contributed by atoms with Gasteiger partial charge in [-0.25, -0.2) is 0 Å². The average Bonchev–Trinajstić information content (AvgIpc) is 2.43. The Labute approximate surface area is 133 Å². The van der Waals surface area contributed by atoms with Crippen LogP contribution in [0.25, 0.3) is 0 Å². The fourth-order valence-electron chi connectivity index (χ4n) is 1.80. The van der Waals surface area contributed by atoms with Gasteiger partial charge in [-0.15, -0.1) is 0 Å². The lowest BCUT2D eigenvalue weighted by atomic mass is 10.2. The summed E-state index contributed by atoms with van der Waals surface area (Å²) in [4.78, 5) is 11.6. The predicted octanol–water partition coefficient (Wildman–Crippen LogP) is 5.10. The number of carbonyl (C=O) groups excluding carboxylic acids is 1. The molecule has 0 aliphatic carbocycles. The highest BCUT2D eigenvalue weighted by Crippen LogP contribution is 2.27. The Balaban J connectivity index is 2.07. The van der Waals surface area contributed by atoms with Gasteiger partial charge in [-0.05, 0) is 64.8 Å². The lowest BCUT2D eigenvalue weighted by Crippen LogP contribution is -2.17. The number of hydrogen-bond donors (Lipinski definition) is 2. The number of hydrogen-bond acceptors (Lipinski definition) is 2. The summed E-state index contributed by atoms with van der Waals surface area (Å²) in [5.41, 5.74) is 4.00. The molecule has 0 bridgehead atoms. The Morgan fingerprint density at radius 2 is 1.67 bits per heavy atom.